The highest BCUT2D eigenvalue weighted by atomic mass is 16.3. The van der Waals surface area contributed by atoms with Crippen LogP contribution in [0.2, 0.25) is 0 Å². The molecule has 0 amide bonds. The molecule has 12 aromatic rings. The van der Waals surface area contributed by atoms with Gasteiger partial charge in [0.1, 0.15) is 11.2 Å². The molecular weight excluding hydrogens is 751 g/mol. The summed E-state index contributed by atoms with van der Waals surface area (Å²) in [5, 5.41) is 9.52. The first-order chi connectivity index (χ1) is 30.7. The number of rotatable bonds is 7. The van der Waals surface area contributed by atoms with E-state index in [1.165, 1.54) is 54.6 Å². The molecular formula is C60H39NO. The quantitative estimate of drug-likeness (QED) is 0.150. The second kappa shape index (κ2) is 14.8. The first-order valence-corrected chi connectivity index (χ1v) is 21.2. The topological polar surface area (TPSA) is 16.4 Å². The molecule has 0 saturated carbocycles. The molecule has 0 radical (unpaired) electrons. The summed E-state index contributed by atoms with van der Waals surface area (Å²) in [5.74, 6) is 0. The summed E-state index contributed by atoms with van der Waals surface area (Å²) in [4.78, 5) is 2.40. The normalized spacial score (nSPS) is 11.5. The third-order valence-corrected chi connectivity index (χ3v) is 12.5. The summed E-state index contributed by atoms with van der Waals surface area (Å²) in [6, 6.07) is 85.4. The highest BCUT2D eigenvalue weighted by molar-refractivity contribution is 6.21. The van der Waals surface area contributed by atoms with Gasteiger partial charge in [-0.3, -0.25) is 0 Å². The number of benzene rings is 11. The van der Waals surface area contributed by atoms with E-state index >= 15 is 0 Å². The van der Waals surface area contributed by atoms with Crippen molar-refractivity contribution in [3.05, 3.63) is 237 Å². The van der Waals surface area contributed by atoms with E-state index in [-0.39, 0.29) is 0 Å². The van der Waals surface area contributed by atoms with E-state index in [4.69, 9.17) is 4.42 Å². The lowest BCUT2D eigenvalue weighted by Crippen LogP contribution is -2.10. The summed E-state index contributed by atoms with van der Waals surface area (Å²) in [6.07, 6.45) is 0. The Bertz CT molecular complexity index is 3610. The Labute approximate surface area is 360 Å². The molecule has 1 heterocycles. The van der Waals surface area contributed by atoms with Crippen LogP contribution in [0.25, 0.3) is 98.8 Å². The molecule has 0 aliphatic carbocycles. The Morgan fingerprint density at radius 1 is 0.290 bits per heavy atom. The van der Waals surface area contributed by atoms with Crippen molar-refractivity contribution in [2.45, 2.75) is 0 Å². The zero-order chi connectivity index (χ0) is 41.0. The van der Waals surface area contributed by atoms with Gasteiger partial charge in [0, 0.05) is 22.3 Å². The van der Waals surface area contributed by atoms with Crippen LogP contribution in [0.1, 0.15) is 0 Å². The maximum atomic E-state index is 6.99. The van der Waals surface area contributed by atoms with E-state index < -0.39 is 0 Å². The molecule has 0 unspecified atom stereocenters. The number of hydrogen-bond donors (Lipinski definition) is 0. The molecule has 62 heavy (non-hydrogen) atoms. The van der Waals surface area contributed by atoms with Crippen LogP contribution < -0.4 is 4.90 Å². The summed E-state index contributed by atoms with van der Waals surface area (Å²) in [7, 11) is 0. The van der Waals surface area contributed by atoms with Crippen molar-refractivity contribution in [1.29, 1.82) is 0 Å². The monoisotopic (exact) mass is 789 g/mol. The molecule has 0 spiro atoms. The average Bonchev–Trinajstić information content (AvgIpc) is 3.75. The molecule has 2 heteroatoms. The Kier molecular flexibility index (Phi) is 8.53. The van der Waals surface area contributed by atoms with Crippen LogP contribution in [0.15, 0.2) is 241 Å². The summed E-state index contributed by atoms with van der Waals surface area (Å²) >= 11 is 0. The Hall–Kier alpha value is -8.20. The standard InChI is InChI=1S/C60H39NO/c1-2-14-40(15-3-1)41-28-30-42(31-29-41)45-19-12-20-48(38-45)61(47-34-32-44(33-35-47)50-26-13-18-43-16-4-6-21-49(43)50)57-37-36-54(60-59(57)55-25-10-11-27-58(55)62-60)56-39-46-17-5-7-22-51(46)52-23-8-9-24-53(52)56/h1-39H. The maximum Gasteiger partial charge on any atom is 0.145 e. The van der Waals surface area contributed by atoms with Gasteiger partial charge in [0.25, 0.3) is 0 Å². The first-order valence-electron chi connectivity index (χ1n) is 21.2. The number of fused-ring (bicyclic) bond motifs is 7. The fourth-order valence-corrected chi connectivity index (χ4v) is 9.49. The van der Waals surface area contributed by atoms with Gasteiger partial charge in [0.05, 0.1) is 11.1 Å². The minimum absolute atomic E-state index is 0.861. The van der Waals surface area contributed by atoms with Crippen LogP contribution in [-0.4, -0.2) is 0 Å². The maximum absolute atomic E-state index is 6.99. The molecule has 0 saturated heterocycles. The number of para-hydroxylation sites is 1. The van der Waals surface area contributed by atoms with Crippen LogP contribution in [0.5, 0.6) is 0 Å². The van der Waals surface area contributed by atoms with E-state index in [0.29, 0.717) is 0 Å². The van der Waals surface area contributed by atoms with E-state index in [2.05, 4.69) is 241 Å². The smallest absolute Gasteiger partial charge is 0.145 e. The van der Waals surface area contributed by atoms with Gasteiger partial charge in [-0.05, 0) is 120 Å². The predicted octanol–water partition coefficient (Wildman–Crippen LogP) is 17.2. The second-order valence-electron chi connectivity index (χ2n) is 16.0. The van der Waals surface area contributed by atoms with Gasteiger partial charge in [-0.1, -0.05) is 188 Å². The lowest BCUT2D eigenvalue weighted by atomic mass is 9.92. The van der Waals surface area contributed by atoms with Crippen LogP contribution in [0.3, 0.4) is 0 Å². The highest BCUT2D eigenvalue weighted by Gasteiger charge is 2.24. The van der Waals surface area contributed by atoms with Crippen molar-refractivity contribution in [1.82, 2.24) is 0 Å². The molecule has 1 aromatic heterocycles. The van der Waals surface area contributed by atoms with Gasteiger partial charge in [-0.2, -0.15) is 0 Å². The van der Waals surface area contributed by atoms with E-state index in [1.807, 2.05) is 0 Å². The Morgan fingerprint density at radius 2 is 0.871 bits per heavy atom. The van der Waals surface area contributed by atoms with Crippen molar-refractivity contribution >= 4 is 71.3 Å². The van der Waals surface area contributed by atoms with Gasteiger partial charge in [-0.15, -0.1) is 0 Å². The summed E-state index contributed by atoms with van der Waals surface area (Å²) in [6.45, 7) is 0. The molecule has 11 aromatic carbocycles. The highest BCUT2D eigenvalue weighted by Crippen LogP contribution is 2.48. The summed E-state index contributed by atoms with van der Waals surface area (Å²) in [5.41, 5.74) is 14.2. The molecule has 0 atom stereocenters. The molecule has 0 fully saturated rings. The van der Waals surface area contributed by atoms with Crippen molar-refractivity contribution in [3.8, 4) is 44.5 Å². The SMILES string of the molecule is c1ccc(-c2ccc(-c3cccc(N(c4ccc(-c5cccc6ccccc56)cc4)c4ccc(-c5cc6ccccc6c6ccccc56)c5oc6ccccc6c45)c3)cc2)cc1. The zero-order valence-electron chi connectivity index (χ0n) is 33.9. The Morgan fingerprint density at radius 3 is 1.68 bits per heavy atom. The number of nitrogens with zero attached hydrogens (tertiary/aromatic N) is 1. The van der Waals surface area contributed by atoms with E-state index in [0.717, 1.165) is 61.3 Å². The van der Waals surface area contributed by atoms with Crippen molar-refractivity contribution in [2.24, 2.45) is 0 Å². The van der Waals surface area contributed by atoms with Gasteiger partial charge in [-0.25, -0.2) is 0 Å². The number of furan rings is 1. The lowest BCUT2D eigenvalue weighted by Gasteiger charge is -2.27. The van der Waals surface area contributed by atoms with Crippen LogP contribution in [0, 0.1) is 0 Å². The molecule has 0 aliphatic heterocycles. The molecule has 2 nitrogen and oxygen atoms in total. The van der Waals surface area contributed by atoms with Crippen LogP contribution in [-0.2, 0) is 0 Å². The van der Waals surface area contributed by atoms with Crippen LogP contribution >= 0.6 is 0 Å². The minimum atomic E-state index is 0.861. The molecule has 290 valence electrons. The second-order valence-corrected chi connectivity index (χ2v) is 16.0. The molecule has 0 N–H and O–H groups in total. The largest absolute Gasteiger partial charge is 0.455 e. The van der Waals surface area contributed by atoms with Gasteiger partial charge >= 0.3 is 0 Å². The van der Waals surface area contributed by atoms with E-state index in [9.17, 15) is 0 Å². The summed E-state index contributed by atoms with van der Waals surface area (Å²) < 4.78 is 6.99. The van der Waals surface area contributed by atoms with Gasteiger partial charge in [0.15, 0.2) is 0 Å². The van der Waals surface area contributed by atoms with Crippen molar-refractivity contribution in [3.63, 3.8) is 0 Å². The van der Waals surface area contributed by atoms with Crippen LogP contribution in [0.4, 0.5) is 17.1 Å². The van der Waals surface area contributed by atoms with Crippen molar-refractivity contribution in [2.75, 3.05) is 4.90 Å². The lowest BCUT2D eigenvalue weighted by molar-refractivity contribution is 0.670. The fourth-order valence-electron chi connectivity index (χ4n) is 9.49. The Balaban J connectivity index is 1.07. The molecule has 0 aliphatic rings. The van der Waals surface area contributed by atoms with Gasteiger partial charge in [0.2, 0.25) is 0 Å². The zero-order valence-corrected chi connectivity index (χ0v) is 33.9. The van der Waals surface area contributed by atoms with Crippen molar-refractivity contribution < 1.29 is 4.42 Å². The number of hydrogen-bond acceptors (Lipinski definition) is 2. The first kappa shape index (κ1) is 35.7. The third-order valence-electron chi connectivity index (χ3n) is 12.5. The molecule has 0 bridgehead atoms. The fraction of sp³-hybridized carbons (Fsp3) is 0. The predicted molar refractivity (Wildman–Crippen MR) is 263 cm³/mol. The third kappa shape index (κ3) is 6.04. The minimum Gasteiger partial charge on any atom is -0.455 e. The number of anilines is 3. The molecule has 12 rings (SSSR count). The van der Waals surface area contributed by atoms with Gasteiger partial charge < -0.3 is 9.32 Å². The average molecular weight is 790 g/mol. The van der Waals surface area contributed by atoms with E-state index in [1.54, 1.807) is 0 Å².